The molecular weight excluding hydrogens is 427 g/mol. The van der Waals surface area contributed by atoms with Gasteiger partial charge in [-0.05, 0) is 57.8 Å². The highest BCUT2D eigenvalue weighted by Gasteiger charge is 2.34. The van der Waals surface area contributed by atoms with Crippen LogP contribution in [-0.4, -0.2) is 49.0 Å². The first kappa shape index (κ1) is 22.5. The molecule has 25 heavy (non-hydrogen) atoms. The molecule has 2 aliphatic rings. The molecule has 1 saturated carbocycles. The van der Waals surface area contributed by atoms with E-state index in [-0.39, 0.29) is 29.9 Å². The normalized spacial score (nSPS) is 22.6. The SMILES string of the molecule is CCNC(=NCC1(CC)CCC1)NCCC(=O)N1CCCCC1C.I. The van der Waals surface area contributed by atoms with Crippen molar-refractivity contribution in [2.75, 3.05) is 26.2 Å². The van der Waals surface area contributed by atoms with Gasteiger partial charge in [0.1, 0.15) is 0 Å². The molecule has 1 atom stereocenters. The molecule has 1 saturated heterocycles. The average Bonchev–Trinajstić information content (AvgIpc) is 2.54. The number of hydrogen-bond acceptors (Lipinski definition) is 2. The van der Waals surface area contributed by atoms with Crippen LogP contribution in [-0.2, 0) is 4.79 Å². The Morgan fingerprint density at radius 1 is 1.20 bits per heavy atom. The topological polar surface area (TPSA) is 56.7 Å². The average molecular weight is 464 g/mol. The van der Waals surface area contributed by atoms with Crippen molar-refractivity contribution in [3.63, 3.8) is 0 Å². The summed E-state index contributed by atoms with van der Waals surface area (Å²) in [6.45, 7) is 9.85. The predicted molar refractivity (Wildman–Crippen MR) is 116 cm³/mol. The van der Waals surface area contributed by atoms with Crippen LogP contribution in [0, 0.1) is 5.41 Å². The molecule has 1 aliphatic heterocycles. The zero-order valence-corrected chi connectivity index (χ0v) is 18.6. The van der Waals surface area contributed by atoms with Gasteiger partial charge in [-0.2, -0.15) is 0 Å². The third-order valence-electron chi connectivity index (χ3n) is 5.84. The molecule has 2 fully saturated rings. The van der Waals surface area contributed by atoms with E-state index in [1.807, 2.05) is 0 Å². The van der Waals surface area contributed by atoms with Crippen molar-refractivity contribution in [3.05, 3.63) is 0 Å². The van der Waals surface area contributed by atoms with Gasteiger partial charge in [-0.3, -0.25) is 9.79 Å². The number of nitrogens with zero attached hydrogens (tertiary/aromatic N) is 2. The van der Waals surface area contributed by atoms with Crippen molar-refractivity contribution in [2.24, 2.45) is 10.4 Å². The van der Waals surface area contributed by atoms with E-state index in [0.717, 1.165) is 38.4 Å². The van der Waals surface area contributed by atoms with Gasteiger partial charge in [0.15, 0.2) is 5.96 Å². The van der Waals surface area contributed by atoms with E-state index < -0.39 is 0 Å². The van der Waals surface area contributed by atoms with Crippen LogP contribution >= 0.6 is 24.0 Å². The summed E-state index contributed by atoms with van der Waals surface area (Å²) in [5, 5.41) is 6.65. The molecule has 2 N–H and O–H groups in total. The molecule has 0 spiro atoms. The number of nitrogens with one attached hydrogen (secondary N) is 2. The number of guanidine groups is 1. The van der Waals surface area contributed by atoms with Crippen LogP contribution in [0.25, 0.3) is 0 Å². The number of likely N-dealkylation sites (tertiary alicyclic amines) is 1. The molecular formula is C19H37IN4O. The molecule has 5 nitrogen and oxygen atoms in total. The summed E-state index contributed by atoms with van der Waals surface area (Å²) in [6, 6.07) is 0.399. The van der Waals surface area contributed by atoms with E-state index in [1.54, 1.807) is 0 Å². The maximum atomic E-state index is 12.4. The smallest absolute Gasteiger partial charge is 0.224 e. The zero-order valence-electron chi connectivity index (χ0n) is 16.3. The van der Waals surface area contributed by atoms with Crippen LogP contribution in [0.3, 0.4) is 0 Å². The maximum Gasteiger partial charge on any atom is 0.224 e. The number of rotatable bonds is 7. The second-order valence-corrected chi connectivity index (χ2v) is 7.51. The minimum absolute atomic E-state index is 0. The molecule has 2 rings (SSSR count). The molecule has 0 aromatic rings. The van der Waals surface area contributed by atoms with Gasteiger partial charge in [-0.25, -0.2) is 0 Å². The van der Waals surface area contributed by atoms with Crippen molar-refractivity contribution in [1.82, 2.24) is 15.5 Å². The first-order valence-electron chi connectivity index (χ1n) is 9.92. The van der Waals surface area contributed by atoms with Gasteiger partial charge in [0.25, 0.3) is 0 Å². The molecule has 0 aromatic carbocycles. The molecule has 0 radical (unpaired) electrons. The van der Waals surface area contributed by atoms with Gasteiger partial charge in [-0.15, -0.1) is 24.0 Å². The van der Waals surface area contributed by atoms with E-state index in [1.165, 1.54) is 32.1 Å². The number of carbonyl (C=O) groups excluding carboxylic acids is 1. The Balaban J connectivity index is 0.00000312. The lowest BCUT2D eigenvalue weighted by Crippen LogP contribution is -2.44. The van der Waals surface area contributed by atoms with Crippen molar-refractivity contribution >= 4 is 35.8 Å². The number of carbonyl (C=O) groups is 1. The summed E-state index contributed by atoms with van der Waals surface area (Å²) >= 11 is 0. The predicted octanol–water partition coefficient (Wildman–Crippen LogP) is 3.53. The van der Waals surface area contributed by atoms with Gasteiger partial charge in [0.05, 0.1) is 0 Å². The molecule has 146 valence electrons. The quantitative estimate of drug-likeness (QED) is 0.344. The first-order chi connectivity index (χ1) is 11.6. The van der Waals surface area contributed by atoms with Gasteiger partial charge in [-0.1, -0.05) is 13.3 Å². The summed E-state index contributed by atoms with van der Waals surface area (Å²) in [4.78, 5) is 19.2. The minimum Gasteiger partial charge on any atom is -0.357 e. The lowest BCUT2D eigenvalue weighted by molar-refractivity contribution is -0.134. The summed E-state index contributed by atoms with van der Waals surface area (Å²) in [5.74, 6) is 1.13. The standard InChI is InChI=1S/C19H36N4O.HI/c1-4-19(11-8-12-19)15-22-18(20-5-2)21-13-10-17(24)23-14-7-6-9-16(23)3;/h16H,4-15H2,1-3H3,(H2,20,21,22);1H. The molecule has 0 aromatic heterocycles. The van der Waals surface area contributed by atoms with Crippen LogP contribution in [0.1, 0.15) is 72.1 Å². The van der Waals surface area contributed by atoms with Crippen LogP contribution in [0.2, 0.25) is 0 Å². The Bertz CT molecular complexity index is 432. The number of halogens is 1. The molecule has 1 heterocycles. The molecule has 1 aliphatic carbocycles. The van der Waals surface area contributed by atoms with E-state index in [0.29, 0.717) is 24.4 Å². The Morgan fingerprint density at radius 3 is 2.52 bits per heavy atom. The van der Waals surface area contributed by atoms with Crippen LogP contribution in [0.15, 0.2) is 4.99 Å². The maximum absolute atomic E-state index is 12.4. The largest absolute Gasteiger partial charge is 0.357 e. The van der Waals surface area contributed by atoms with Gasteiger partial charge >= 0.3 is 0 Å². The highest BCUT2D eigenvalue weighted by Crippen LogP contribution is 2.43. The second kappa shape index (κ2) is 11.2. The van der Waals surface area contributed by atoms with E-state index >= 15 is 0 Å². The number of amides is 1. The van der Waals surface area contributed by atoms with Gasteiger partial charge in [0, 0.05) is 38.6 Å². The third-order valence-corrected chi connectivity index (χ3v) is 5.84. The number of piperidine rings is 1. The van der Waals surface area contributed by atoms with Crippen LogP contribution < -0.4 is 10.6 Å². The highest BCUT2D eigenvalue weighted by atomic mass is 127. The minimum atomic E-state index is 0. The zero-order chi connectivity index (χ0) is 17.4. The summed E-state index contributed by atoms with van der Waals surface area (Å²) in [7, 11) is 0. The lowest BCUT2D eigenvalue weighted by atomic mass is 9.67. The van der Waals surface area contributed by atoms with Gasteiger partial charge in [0.2, 0.25) is 5.91 Å². The fraction of sp³-hybridized carbons (Fsp3) is 0.895. The highest BCUT2D eigenvalue weighted by molar-refractivity contribution is 14.0. The van der Waals surface area contributed by atoms with E-state index in [2.05, 4.69) is 36.3 Å². The molecule has 1 amide bonds. The first-order valence-corrected chi connectivity index (χ1v) is 9.92. The summed E-state index contributed by atoms with van der Waals surface area (Å²) in [6.07, 6.45) is 9.24. The van der Waals surface area contributed by atoms with Crippen molar-refractivity contribution in [2.45, 2.75) is 78.2 Å². The Morgan fingerprint density at radius 2 is 1.96 bits per heavy atom. The Kier molecular flexibility index (Phi) is 10.1. The van der Waals surface area contributed by atoms with Gasteiger partial charge < -0.3 is 15.5 Å². The van der Waals surface area contributed by atoms with E-state index in [4.69, 9.17) is 4.99 Å². The molecule has 0 bridgehead atoms. The third kappa shape index (κ3) is 6.61. The molecule has 1 unspecified atom stereocenters. The fourth-order valence-electron chi connectivity index (χ4n) is 3.79. The summed E-state index contributed by atoms with van der Waals surface area (Å²) < 4.78 is 0. The van der Waals surface area contributed by atoms with Crippen molar-refractivity contribution in [3.8, 4) is 0 Å². The number of hydrogen-bond donors (Lipinski definition) is 2. The van der Waals surface area contributed by atoms with E-state index in [9.17, 15) is 4.79 Å². The monoisotopic (exact) mass is 464 g/mol. The second-order valence-electron chi connectivity index (χ2n) is 7.51. The lowest BCUT2D eigenvalue weighted by Gasteiger charge is -2.40. The Labute approximate surface area is 170 Å². The van der Waals surface area contributed by atoms with Crippen LogP contribution in [0.5, 0.6) is 0 Å². The molecule has 6 heteroatoms. The van der Waals surface area contributed by atoms with Crippen LogP contribution in [0.4, 0.5) is 0 Å². The number of aliphatic imine (C=N–C) groups is 1. The van der Waals surface area contributed by atoms with Crippen molar-refractivity contribution < 1.29 is 4.79 Å². The summed E-state index contributed by atoms with van der Waals surface area (Å²) in [5.41, 5.74) is 0.432. The fourth-order valence-corrected chi connectivity index (χ4v) is 3.79. The Hall–Kier alpha value is -0.530. The van der Waals surface area contributed by atoms with Crippen molar-refractivity contribution in [1.29, 1.82) is 0 Å².